The molecule has 2 heterocycles. The minimum atomic E-state index is -0.164. The molecule has 19 heavy (non-hydrogen) atoms. The Bertz CT molecular complexity index is 449. The van der Waals surface area contributed by atoms with Gasteiger partial charge in [-0.1, -0.05) is 11.6 Å². The summed E-state index contributed by atoms with van der Waals surface area (Å²) in [6, 6.07) is 2.17. The van der Waals surface area contributed by atoms with E-state index in [1.54, 1.807) is 12.4 Å². The van der Waals surface area contributed by atoms with Crippen molar-refractivity contribution in [3.05, 3.63) is 23.5 Å². The first-order chi connectivity index (χ1) is 9.26. The summed E-state index contributed by atoms with van der Waals surface area (Å²) < 4.78 is 11.8. The van der Waals surface area contributed by atoms with Crippen LogP contribution in [0.1, 0.15) is 26.2 Å². The Morgan fingerprint density at radius 1 is 1.63 bits per heavy atom. The highest BCUT2D eigenvalue weighted by Gasteiger charge is 2.58. The van der Waals surface area contributed by atoms with Crippen LogP contribution in [0.3, 0.4) is 0 Å². The number of rotatable bonds is 4. The molecule has 0 unspecified atom stereocenters. The van der Waals surface area contributed by atoms with E-state index in [0.29, 0.717) is 5.02 Å². The van der Waals surface area contributed by atoms with Gasteiger partial charge in [-0.25, -0.2) is 0 Å². The first kappa shape index (κ1) is 13.2. The fraction of sp³-hybridized carbons (Fsp3) is 0.643. The van der Waals surface area contributed by atoms with E-state index in [9.17, 15) is 0 Å². The number of ether oxygens (including phenoxy) is 2. The third kappa shape index (κ3) is 2.22. The highest BCUT2D eigenvalue weighted by atomic mass is 35.5. The van der Waals surface area contributed by atoms with Crippen molar-refractivity contribution >= 4 is 17.3 Å². The lowest BCUT2D eigenvalue weighted by atomic mass is 9.70. The summed E-state index contributed by atoms with van der Waals surface area (Å²) in [5.41, 5.74) is 0.759. The normalized spacial score (nSPS) is 33.4. The minimum absolute atomic E-state index is 0.164. The van der Waals surface area contributed by atoms with Crippen LogP contribution < -0.4 is 5.32 Å². The summed E-state index contributed by atoms with van der Waals surface area (Å²) >= 11 is 6.14. The summed E-state index contributed by atoms with van der Waals surface area (Å²) in [5.74, 6) is 0. The molecule has 1 saturated carbocycles. The molecule has 1 aliphatic carbocycles. The minimum Gasteiger partial charge on any atom is -0.378 e. The standard InChI is InChI=1S/C14H19ClN2O2/c1-2-18-13-8-12(14(13)5-3-7-19-14)17-11-4-6-16-9-10(11)15/h4,6,9,12-13H,2-3,5,7-8H2,1H3,(H,16,17)/t12-,13-,14+/m1/s1. The number of nitrogens with one attached hydrogen (secondary N) is 1. The molecule has 1 saturated heterocycles. The second-order valence-corrected chi connectivity index (χ2v) is 5.55. The van der Waals surface area contributed by atoms with E-state index in [1.165, 1.54) is 0 Å². The van der Waals surface area contributed by atoms with E-state index in [2.05, 4.69) is 10.3 Å². The first-order valence-electron chi connectivity index (χ1n) is 6.88. The summed E-state index contributed by atoms with van der Waals surface area (Å²) in [6.45, 7) is 3.59. The quantitative estimate of drug-likeness (QED) is 0.922. The highest BCUT2D eigenvalue weighted by Crippen LogP contribution is 2.47. The fourth-order valence-corrected chi connectivity index (χ4v) is 3.33. The molecule has 0 amide bonds. The molecule has 2 aliphatic rings. The average molecular weight is 283 g/mol. The van der Waals surface area contributed by atoms with Crippen molar-refractivity contribution in [3.8, 4) is 0 Å². The van der Waals surface area contributed by atoms with E-state index in [0.717, 1.165) is 38.2 Å². The molecule has 3 atom stereocenters. The van der Waals surface area contributed by atoms with Gasteiger partial charge >= 0.3 is 0 Å². The maximum absolute atomic E-state index is 6.14. The molecule has 1 aromatic heterocycles. The lowest BCUT2D eigenvalue weighted by molar-refractivity contribution is -0.184. The average Bonchev–Trinajstić information content (AvgIpc) is 2.92. The molecular formula is C14H19ClN2O2. The van der Waals surface area contributed by atoms with Gasteiger partial charge in [0.1, 0.15) is 5.60 Å². The molecule has 4 nitrogen and oxygen atoms in total. The molecule has 0 radical (unpaired) electrons. The van der Waals surface area contributed by atoms with Crippen molar-refractivity contribution in [1.82, 2.24) is 4.98 Å². The molecule has 104 valence electrons. The largest absolute Gasteiger partial charge is 0.378 e. The van der Waals surface area contributed by atoms with Gasteiger partial charge in [-0.3, -0.25) is 4.98 Å². The van der Waals surface area contributed by atoms with Gasteiger partial charge in [0.05, 0.1) is 22.9 Å². The monoisotopic (exact) mass is 282 g/mol. The topological polar surface area (TPSA) is 43.4 Å². The zero-order valence-corrected chi connectivity index (χ0v) is 11.8. The van der Waals surface area contributed by atoms with Crippen LogP contribution in [0, 0.1) is 0 Å². The molecule has 1 aliphatic heterocycles. The van der Waals surface area contributed by atoms with E-state index >= 15 is 0 Å². The number of hydrogen-bond acceptors (Lipinski definition) is 4. The Morgan fingerprint density at radius 3 is 3.21 bits per heavy atom. The number of nitrogens with zero attached hydrogens (tertiary/aromatic N) is 1. The van der Waals surface area contributed by atoms with Gasteiger partial charge in [0.25, 0.3) is 0 Å². The van der Waals surface area contributed by atoms with E-state index in [4.69, 9.17) is 21.1 Å². The Hall–Kier alpha value is -0.840. The molecule has 0 aromatic carbocycles. The van der Waals surface area contributed by atoms with Crippen molar-refractivity contribution in [2.75, 3.05) is 18.5 Å². The molecule has 3 rings (SSSR count). The number of halogens is 1. The van der Waals surface area contributed by atoms with E-state index in [1.807, 2.05) is 13.0 Å². The molecule has 1 spiro atoms. The van der Waals surface area contributed by atoms with Crippen LogP contribution >= 0.6 is 11.6 Å². The Morgan fingerprint density at radius 2 is 2.53 bits per heavy atom. The van der Waals surface area contributed by atoms with Crippen LogP contribution in [0.15, 0.2) is 18.5 Å². The van der Waals surface area contributed by atoms with Gasteiger partial charge < -0.3 is 14.8 Å². The maximum atomic E-state index is 6.14. The van der Waals surface area contributed by atoms with Gasteiger partial charge in [-0.05, 0) is 32.3 Å². The van der Waals surface area contributed by atoms with Crippen LogP contribution in [-0.4, -0.2) is 35.9 Å². The maximum Gasteiger partial charge on any atom is 0.114 e. The molecule has 5 heteroatoms. The van der Waals surface area contributed by atoms with Gasteiger partial charge in [-0.15, -0.1) is 0 Å². The number of pyridine rings is 1. The van der Waals surface area contributed by atoms with Crippen LogP contribution in [-0.2, 0) is 9.47 Å². The van der Waals surface area contributed by atoms with E-state index in [-0.39, 0.29) is 17.7 Å². The van der Waals surface area contributed by atoms with Gasteiger partial charge in [0.15, 0.2) is 0 Å². The second kappa shape index (κ2) is 5.27. The second-order valence-electron chi connectivity index (χ2n) is 5.14. The molecule has 0 bridgehead atoms. The summed E-state index contributed by atoms with van der Waals surface area (Å²) in [4.78, 5) is 4.00. The van der Waals surface area contributed by atoms with Crippen molar-refractivity contribution in [2.24, 2.45) is 0 Å². The lowest BCUT2D eigenvalue weighted by Crippen LogP contribution is -2.66. The molecular weight excluding hydrogens is 264 g/mol. The van der Waals surface area contributed by atoms with Crippen molar-refractivity contribution in [3.63, 3.8) is 0 Å². The summed E-state index contributed by atoms with van der Waals surface area (Å²) in [7, 11) is 0. The lowest BCUT2D eigenvalue weighted by Gasteiger charge is -2.53. The Labute approximate surface area is 118 Å². The zero-order chi connectivity index (χ0) is 13.3. The smallest absolute Gasteiger partial charge is 0.114 e. The fourth-order valence-electron chi connectivity index (χ4n) is 3.16. The highest BCUT2D eigenvalue weighted by molar-refractivity contribution is 6.33. The Kier molecular flexibility index (Phi) is 3.65. The van der Waals surface area contributed by atoms with Crippen molar-refractivity contribution < 1.29 is 9.47 Å². The van der Waals surface area contributed by atoms with Crippen LogP contribution in [0.2, 0.25) is 5.02 Å². The van der Waals surface area contributed by atoms with Gasteiger partial charge in [0, 0.05) is 25.6 Å². The van der Waals surface area contributed by atoms with Crippen molar-refractivity contribution in [2.45, 2.75) is 43.9 Å². The SMILES string of the molecule is CCO[C@@H]1C[C@@H](Nc2ccncc2Cl)[C@@]12CCCO2. The molecule has 1 aromatic rings. The van der Waals surface area contributed by atoms with Crippen LogP contribution in [0.25, 0.3) is 0 Å². The van der Waals surface area contributed by atoms with Crippen LogP contribution in [0.5, 0.6) is 0 Å². The Balaban J connectivity index is 1.74. The zero-order valence-electron chi connectivity index (χ0n) is 11.1. The third-order valence-electron chi connectivity index (χ3n) is 4.14. The summed E-state index contributed by atoms with van der Waals surface area (Å²) in [5, 5.41) is 4.14. The van der Waals surface area contributed by atoms with E-state index < -0.39 is 0 Å². The molecule has 1 N–H and O–H groups in total. The molecule has 2 fully saturated rings. The van der Waals surface area contributed by atoms with Crippen LogP contribution in [0.4, 0.5) is 5.69 Å². The number of aromatic nitrogens is 1. The first-order valence-corrected chi connectivity index (χ1v) is 7.25. The predicted molar refractivity (Wildman–Crippen MR) is 74.6 cm³/mol. The van der Waals surface area contributed by atoms with Gasteiger partial charge in [0.2, 0.25) is 0 Å². The van der Waals surface area contributed by atoms with Gasteiger partial charge in [-0.2, -0.15) is 0 Å². The third-order valence-corrected chi connectivity index (χ3v) is 4.44. The van der Waals surface area contributed by atoms with Crippen molar-refractivity contribution in [1.29, 1.82) is 0 Å². The number of hydrogen-bond donors (Lipinski definition) is 1. The summed E-state index contributed by atoms with van der Waals surface area (Å²) in [6.07, 6.45) is 6.73. The predicted octanol–water partition coefficient (Wildman–Crippen LogP) is 2.87. The number of anilines is 1.